The lowest BCUT2D eigenvalue weighted by Gasteiger charge is -2.37. The highest BCUT2D eigenvalue weighted by Gasteiger charge is 2.33. The molecule has 1 rings (SSSR count). The van der Waals surface area contributed by atoms with Crippen molar-refractivity contribution in [3.8, 4) is 0 Å². The number of amides is 1. The highest BCUT2D eigenvalue weighted by Crippen LogP contribution is 2.14. The Morgan fingerprint density at radius 2 is 1.88 bits per heavy atom. The van der Waals surface area contributed by atoms with Crippen LogP contribution in [-0.2, 0) is 9.53 Å². The van der Waals surface area contributed by atoms with E-state index >= 15 is 0 Å². The zero-order valence-corrected chi connectivity index (χ0v) is 10.8. The standard InChI is InChI=1S/C11H20N2O4/c1-11(2,3)17-10(16)13-6-5-12(4)8(7-13)9(14)15/h8H,5-7H2,1-4H3,(H,14,15)/t8-/m1/s1. The Balaban J connectivity index is 2.62. The van der Waals surface area contributed by atoms with Crippen LogP contribution in [-0.4, -0.2) is 65.3 Å². The van der Waals surface area contributed by atoms with Gasteiger partial charge in [0, 0.05) is 13.1 Å². The molecule has 0 aromatic heterocycles. The summed E-state index contributed by atoms with van der Waals surface area (Å²) in [5, 5.41) is 9.02. The molecule has 6 heteroatoms. The van der Waals surface area contributed by atoms with Crippen LogP contribution in [0.1, 0.15) is 20.8 Å². The minimum absolute atomic E-state index is 0.167. The molecule has 1 amide bonds. The fraction of sp³-hybridized carbons (Fsp3) is 0.818. The van der Waals surface area contributed by atoms with Crippen molar-refractivity contribution in [3.05, 3.63) is 0 Å². The Kier molecular flexibility index (Phi) is 3.98. The molecule has 0 radical (unpaired) electrons. The second-order valence-corrected chi connectivity index (χ2v) is 5.26. The van der Waals surface area contributed by atoms with Crippen LogP contribution >= 0.6 is 0 Å². The predicted molar refractivity (Wildman–Crippen MR) is 61.9 cm³/mol. The van der Waals surface area contributed by atoms with E-state index in [0.29, 0.717) is 13.1 Å². The average molecular weight is 244 g/mol. The lowest BCUT2D eigenvalue weighted by Crippen LogP contribution is -2.56. The quantitative estimate of drug-likeness (QED) is 0.732. The second-order valence-electron chi connectivity index (χ2n) is 5.26. The number of nitrogens with zero attached hydrogens (tertiary/aromatic N) is 2. The number of likely N-dealkylation sites (N-methyl/N-ethyl adjacent to an activating group) is 1. The molecule has 0 spiro atoms. The molecule has 1 aliphatic heterocycles. The van der Waals surface area contributed by atoms with E-state index in [2.05, 4.69) is 0 Å². The lowest BCUT2D eigenvalue weighted by atomic mass is 10.2. The Morgan fingerprint density at radius 1 is 1.29 bits per heavy atom. The van der Waals surface area contributed by atoms with Crippen molar-refractivity contribution in [2.24, 2.45) is 0 Å². The van der Waals surface area contributed by atoms with Crippen molar-refractivity contribution >= 4 is 12.1 Å². The fourth-order valence-corrected chi connectivity index (χ4v) is 1.63. The average Bonchev–Trinajstić information content (AvgIpc) is 2.14. The van der Waals surface area contributed by atoms with Crippen LogP contribution in [0.15, 0.2) is 0 Å². The minimum atomic E-state index is -0.916. The molecule has 1 saturated heterocycles. The normalized spacial score (nSPS) is 22.4. The Labute approximate surface area is 101 Å². The molecule has 1 heterocycles. The zero-order valence-electron chi connectivity index (χ0n) is 10.8. The Hall–Kier alpha value is -1.30. The molecule has 6 nitrogen and oxygen atoms in total. The summed E-state index contributed by atoms with van der Waals surface area (Å²) in [6.45, 7) is 6.56. The highest BCUT2D eigenvalue weighted by molar-refractivity contribution is 5.76. The Morgan fingerprint density at radius 3 is 2.35 bits per heavy atom. The van der Waals surface area contributed by atoms with Crippen molar-refractivity contribution in [3.63, 3.8) is 0 Å². The third kappa shape index (κ3) is 3.89. The largest absolute Gasteiger partial charge is 0.480 e. The molecule has 17 heavy (non-hydrogen) atoms. The van der Waals surface area contributed by atoms with Crippen LogP contribution in [0.4, 0.5) is 4.79 Å². The van der Waals surface area contributed by atoms with Gasteiger partial charge in [0.1, 0.15) is 11.6 Å². The molecular weight excluding hydrogens is 224 g/mol. The van der Waals surface area contributed by atoms with Crippen molar-refractivity contribution in [2.75, 3.05) is 26.7 Å². The predicted octanol–water partition coefficient (Wildman–Crippen LogP) is 0.622. The van der Waals surface area contributed by atoms with Gasteiger partial charge in [-0.2, -0.15) is 0 Å². The first-order valence-electron chi connectivity index (χ1n) is 5.61. The van der Waals surface area contributed by atoms with Gasteiger partial charge in [-0.3, -0.25) is 9.69 Å². The van der Waals surface area contributed by atoms with E-state index in [1.165, 1.54) is 4.90 Å². The van der Waals surface area contributed by atoms with E-state index in [4.69, 9.17) is 9.84 Å². The van der Waals surface area contributed by atoms with E-state index in [9.17, 15) is 9.59 Å². The summed E-state index contributed by atoms with van der Waals surface area (Å²) >= 11 is 0. The smallest absolute Gasteiger partial charge is 0.410 e. The third-order valence-corrected chi connectivity index (χ3v) is 2.58. The highest BCUT2D eigenvalue weighted by atomic mass is 16.6. The molecule has 1 aliphatic rings. The third-order valence-electron chi connectivity index (χ3n) is 2.58. The maximum atomic E-state index is 11.8. The fourth-order valence-electron chi connectivity index (χ4n) is 1.63. The molecule has 0 bridgehead atoms. The minimum Gasteiger partial charge on any atom is -0.480 e. The molecule has 1 N–H and O–H groups in total. The summed E-state index contributed by atoms with van der Waals surface area (Å²) in [5.41, 5.74) is -0.556. The van der Waals surface area contributed by atoms with Gasteiger partial charge in [0.2, 0.25) is 0 Å². The van der Waals surface area contributed by atoms with Crippen molar-refractivity contribution in [1.29, 1.82) is 0 Å². The molecule has 98 valence electrons. The summed E-state index contributed by atoms with van der Waals surface area (Å²) in [5.74, 6) is -0.916. The first-order chi connectivity index (χ1) is 7.70. The SMILES string of the molecule is CN1CCN(C(=O)OC(C)(C)C)C[C@@H]1C(=O)O. The van der Waals surface area contributed by atoms with Crippen LogP contribution in [0, 0.1) is 0 Å². The lowest BCUT2D eigenvalue weighted by molar-refractivity contribution is -0.144. The van der Waals surface area contributed by atoms with Gasteiger partial charge in [0.15, 0.2) is 0 Å². The number of hydrogen-bond donors (Lipinski definition) is 1. The molecule has 1 atom stereocenters. The monoisotopic (exact) mass is 244 g/mol. The number of carboxylic acids is 1. The van der Waals surface area contributed by atoms with E-state index in [-0.39, 0.29) is 6.54 Å². The van der Waals surface area contributed by atoms with Gasteiger partial charge in [-0.25, -0.2) is 4.79 Å². The molecule has 1 fully saturated rings. The topological polar surface area (TPSA) is 70.1 Å². The summed E-state index contributed by atoms with van der Waals surface area (Å²) < 4.78 is 5.22. The van der Waals surface area contributed by atoms with Crippen LogP contribution < -0.4 is 0 Å². The first-order valence-corrected chi connectivity index (χ1v) is 5.61. The van der Waals surface area contributed by atoms with Gasteiger partial charge in [0.05, 0.1) is 6.54 Å². The van der Waals surface area contributed by atoms with Crippen LogP contribution in [0.3, 0.4) is 0 Å². The number of carboxylic acid groups (broad SMARTS) is 1. The van der Waals surface area contributed by atoms with Crippen molar-refractivity contribution < 1.29 is 19.4 Å². The number of ether oxygens (including phenoxy) is 1. The maximum Gasteiger partial charge on any atom is 0.410 e. The van der Waals surface area contributed by atoms with Gasteiger partial charge in [0.25, 0.3) is 0 Å². The molecule has 0 saturated carbocycles. The van der Waals surface area contributed by atoms with Gasteiger partial charge in [-0.05, 0) is 27.8 Å². The number of rotatable bonds is 1. The molecule has 0 aromatic carbocycles. The van der Waals surface area contributed by atoms with E-state index in [1.54, 1.807) is 32.7 Å². The summed E-state index contributed by atoms with van der Waals surface area (Å²) in [7, 11) is 1.74. The zero-order chi connectivity index (χ0) is 13.2. The van der Waals surface area contributed by atoms with Crippen LogP contribution in [0.5, 0.6) is 0 Å². The van der Waals surface area contributed by atoms with E-state index in [1.807, 2.05) is 0 Å². The van der Waals surface area contributed by atoms with Gasteiger partial charge in [-0.15, -0.1) is 0 Å². The second kappa shape index (κ2) is 4.91. The van der Waals surface area contributed by atoms with Gasteiger partial charge in [-0.1, -0.05) is 0 Å². The van der Waals surface area contributed by atoms with Gasteiger partial charge < -0.3 is 14.7 Å². The summed E-state index contributed by atoms with van der Waals surface area (Å²) in [6, 6.07) is -0.656. The summed E-state index contributed by atoms with van der Waals surface area (Å²) in [6.07, 6.45) is -0.447. The number of piperazine rings is 1. The number of carbonyl (C=O) groups excluding carboxylic acids is 1. The number of aliphatic carboxylic acids is 1. The first kappa shape index (κ1) is 13.8. The van der Waals surface area contributed by atoms with E-state index < -0.39 is 23.7 Å². The van der Waals surface area contributed by atoms with Crippen LogP contribution in [0.25, 0.3) is 0 Å². The molecule has 0 unspecified atom stereocenters. The molecule has 0 aromatic rings. The number of hydrogen-bond acceptors (Lipinski definition) is 4. The summed E-state index contributed by atoms with van der Waals surface area (Å²) in [4.78, 5) is 26.0. The van der Waals surface area contributed by atoms with Crippen LogP contribution in [0.2, 0.25) is 0 Å². The molecule has 0 aliphatic carbocycles. The van der Waals surface area contributed by atoms with Crippen molar-refractivity contribution in [2.45, 2.75) is 32.4 Å². The maximum absolute atomic E-state index is 11.8. The Bertz CT molecular complexity index is 311. The van der Waals surface area contributed by atoms with Gasteiger partial charge >= 0.3 is 12.1 Å². The van der Waals surface area contributed by atoms with E-state index in [0.717, 1.165) is 0 Å². The van der Waals surface area contributed by atoms with Crippen molar-refractivity contribution in [1.82, 2.24) is 9.80 Å². The molecular formula is C11H20N2O4. The number of carbonyl (C=O) groups is 2.